The van der Waals surface area contributed by atoms with Crippen LogP contribution < -0.4 is 5.73 Å². The molecule has 1 aromatic carbocycles. The molecule has 0 saturated carbocycles. The zero-order valence-corrected chi connectivity index (χ0v) is 12.6. The molecule has 3 N–H and O–H groups in total. The summed E-state index contributed by atoms with van der Waals surface area (Å²) in [6.07, 6.45) is 0. The van der Waals surface area contributed by atoms with Crippen molar-refractivity contribution in [3.05, 3.63) is 35.4 Å². The number of hydrogen-bond acceptors (Lipinski definition) is 5. The maximum absolute atomic E-state index is 11.5. The lowest BCUT2D eigenvalue weighted by atomic mass is 10.1. The first-order chi connectivity index (χ1) is 9.38. The van der Waals surface area contributed by atoms with E-state index in [4.69, 9.17) is 10.9 Å². The van der Waals surface area contributed by atoms with Crippen molar-refractivity contribution in [3.8, 4) is 0 Å². The highest BCUT2D eigenvalue weighted by atomic mass is 32.2. The average Bonchev–Trinajstić information content (AvgIpc) is 2.44. The van der Waals surface area contributed by atoms with E-state index in [0.29, 0.717) is 18.7 Å². The van der Waals surface area contributed by atoms with Gasteiger partial charge in [-0.15, -0.1) is 0 Å². The van der Waals surface area contributed by atoms with Crippen LogP contribution >= 0.6 is 0 Å². The van der Waals surface area contributed by atoms with Gasteiger partial charge in [0, 0.05) is 24.4 Å². The molecule has 0 atom stereocenters. The van der Waals surface area contributed by atoms with E-state index in [1.807, 2.05) is 30.1 Å². The van der Waals surface area contributed by atoms with Gasteiger partial charge in [-0.05, 0) is 18.7 Å². The largest absolute Gasteiger partial charge is 0.409 e. The van der Waals surface area contributed by atoms with Crippen molar-refractivity contribution in [3.63, 3.8) is 0 Å². The molecule has 6 nitrogen and oxygen atoms in total. The molecule has 112 valence electrons. The third kappa shape index (κ3) is 5.18. The van der Waals surface area contributed by atoms with Crippen molar-refractivity contribution in [1.82, 2.24) is 4.90 Å². The van der Waals surface area contributed by atoms with Crippen LogP contribution in [0, 0.1) is 0 Å². The van der Waals surface area contributed by atoms with Gasteiger partial charge in [0.15, 0.2) is 15.7 Å². The number of oxime groups is 1. The van der Waals surface area contributed by atoms with Crippen LogP contribution in [0.15, 0.2) is 29.4 Å². The van der Waals surface area contributed by atoms with Crippen molar-refractivity contribution >= 4 is 15.7 Å². The summed E-state index contributed by atoms with van der Waals surface area (Å²) in [4.78, 5) is 1.93. The van der Waals surface area contributed by atoms with E-state index in [1.54, 1.807) is 13.0 Å². The molecular weight excluding hydrogens is 278 g/mol. The predicted octanol–water partition coefficient (Wildman–Crippen LogP) is 0.648. The fourth-order valence-corrected chi connectivity index (χ4v) is 2.60. The predicted molar refractivity (Wildman–Crippen MR) is 79.6 cm³/mol. The first-order valence-electron chi connectivity index (χ1n) is 6.33. The summed E-state index contributed by atoms with van der Waals surface area (Å²) in [5, 5.41) is 11.6. The van der Waals surface area contributed by atoms with Crippen LogP contribution in [-0.2, 0) is 16.4 Å². The average molecular weight is 299 g/mol. The summed E-state index contributed by atoms with van der Waals surface area (Å²) in [6.45, 7) is 2.73. The zero-order valence-electron chi connectivity index (χ0n) is 11.8. The van der Waals surface area contributed by atoms with Crippen molar-refractivity contribution in [1.29, 1.82) is 0 Å². The van der Waals surface area contributed by atoms with Crippen LogP contribution in [-0.4, -0.2) is 49.5 Å². The molecule has 0 fully saturated rings. The van der Waals surface area contributed by atoms with Gasteiger partial charge in [0.25, 0.3) is 0 Å². The van der Waals surface area contributed by atoms with Crippen LogP contribution in [0.5, 0.6) is 0 Å². The summed E-state index contributed by atoms with van der Waals surface area (Å²) >= 11 is 0. The summed E-state index contributed by atoms with van der Waals surface area (Å²) < 4.78 is 22.9. The van der Waals surface area contributed by atoms with Gasteiger partial charge in [-0.25, -0.2) is 8.42 Å². The standard InChI is InChI=1S/C13H21N3O3S/c1-3-20(18,19)8-7-16(2)10-11-5-4-6-12(9-11)13(14)15-17/h4-6,9,17H,3,7-8,10H2,1-2H3,(H2,14,15). The molecule has 0 aliphatic carbocycles. The molecule has 0 heterocycles. The minimum atomic E-state index is -2.95. The molecule has 0 aromatic heterocycles. The Hall–Kier alpha value is -1.60. The Balaban J connectivity index is 2.65. The summed E-state index contributed by atoms with van der Waals surface area (Å²) in [6, 6.07) is 7.30. The second-order valence-electron chi connectivity index (χ2n) is 4.66. The van der Waals surface area contributed by atoms with E-state index < -0.39 is 9.84 Å². The topological polar surface area (TPSA) is 96.0 Å². The number of nitrogens with zero attached hydrogens (tertiary/aromatic N) is 2. The van der Waals surface area contributed by atoms with E-state index in [1.165, 1.54) is 0 Å². The van der Waals surface area contributed by atoms with Crippen molar-refractivity contribution in [2.75, 3.05) is 25.1 Å². The van der Waals surface area contributed by atoms with Crippen LogP contribution in [0.4, 0.5) is 0 Å². The molecule has 0 spiro atoms. The molecule has 0 radical (unpaired) electrons. The highest BCUT2D eigenvalue weighted by molar-refractivity contribution is 7.91. The molecular formula is C13H21N3O3S. The van der Waals surface area contributed by atoms with Gasteiger partial charge in [-0.1, -0.05) is 30.3 Å². The quantitative estimate of drug-likeness (QED) is 0.333. The fourth-order valence-electron chi connectivity index (χ4n) is 1.72. The molecule has 20 heavy (non-hydrogen) atoms. The molecule has 7 heteroatoms. The van der Waals surface area contributed by atoms with Gasteiger partial charge in [0.05, 0.1) is 5.75 Å². The molecule has 0 amide bonds. The Kier molecular flexibility index (Phi) is 5.97. The minimum absolute atomic E-state index is 0.0584. The lowest BCUT2D eigenvalue weighted by molar-refractivity contribution is 0.318. The maximum Gasteiger partial charge on any atom is 0.170 e. The first kappa shape index (κ1) is 16.5. The third-order valence-corrected chi connectivity index (χ3v) is 4.69. The molecule has 0 aliphatic rings. The molecule has 0 bridgehead atoms. The van der Waals surface area contributed by atoms with Gasteiger partial charge in [-0.3, -0.25) is 0 Å². The fraction of sp³-hybridized carbons (Fsp3) is 0.462. The van der Waals surface area contributed by atoms with Gasteiger partial charge in [0.2, 0.25) is 0 Å². The summed E-state index contributed by atoms with van der Waals surface area (Å²) in [5.41, 5.74) is 7.15. The highest BCUT2D eigenvalue weighted by Gasteiger charge is 2.10. The van der Waals surface area contributed by atoms with Crippen molar-refractivity contribution in [2.45, 2.75) is 13.5 Å². The zero-order chi connectivity index (χ0) is 15.2. The SMILES string of the molecule is CCS(=O)(=O)CCN(C)Cc1cccc(C(N)=NO)c1. The van der Waals surface area contributed by atoms with E-state index in [0.717, 1.165) is 5.56 Å². The van der Waals surface area contributed by atoms with Crippen molar-refractivity contribution in [2.24, 2.45) is 10.9 Å². The lowest BCUT2D eigenvalue weighted by Gasteiger charge is -2.16. The molecule has 1 rings (SSSR count). The maximum atomic E-state index is 11.5. The minimum Gasteiger partial charge on any atom is -0.409 e. The number of amidine groups is 1. The van der Waals surface area contributed by atoms with E-state index >= 15 is 0 Å². The number of hydrogen-bond donors (Lipinski definition) is 2. The highest BCUT2D eigenvalue weighted by Crippen LogP contribution is 2.08. The van der Waals surface area contributed by atoms with Gasteiger partial charge < -0.3 is 15.8 Å². The molecule has 0 saturated heterocycles. The van der Waals surface area contributed by atoms with E-state index in [9.17, 15) is 8.42 Å². The monoisotopic (exact) mass is 299 g/mol. The number of nitrogens with two attached hydrogens (primary N) is 1. The smallest absolute Gasteiger partial charge is 0.170 e. The molecule has 0 aliphatic heterocycles. The van der Waals surface area contributed by atoms with Crippen LogP contribution in [0.3, 0.4) is 0 Å². The van der Waals surface area contributed by atoms with E-state index in [-0.39, 0.29) is 17.3 Å². The van der Waals surface area contributed by atoms with Gasteiger partial charge in [-0.2, -0.15) is 0 Å². The summed E-state index contributed by atoms with van der Waals surface area (Å²) in [5.74, 6) is 0.378. The van der Waals surface area contributed by atoms with Crippen LogP contribution in [0.1, 0.15) is 18.1 Å². The van der Waals surface area contributed by atoms with Crippen LogP contribution in [0.25, 0.3) is 0 Å². The summed E-state index contributed by atoms with van der Waals surface area (Å²) in [7, 11) is -1.08. The van der Waals surface area contributed by atoms with E-state index in [2.05, 4.69) is 5.16 Å². The second-order valence-corrected chi connectivity index (χ2v) is 7.13. The molecule has 1 aromatic rings. The Morgan fingerprint density at radius 1 is 1.45 bits per heavy atom. The number of benzene rings is 1. The first-order valence-corrected chi connectivity index (χ1v) is 8.16. The Morgan fingerprint density at radius 3 is 2.75 bits per heavy atom. The normalized spacial score (nSPS) is 12.8. The lowest BCUT2D eigenvalue weighted by Crippen LogP contribution is -2.26. The van der Waals surface area contributed by atoms with Crippen LogP contribution in [0.2, 0.25) is 0 Å². The van der Waals surface area contributed by atoms with Gasteiger partial charge >= 0.3 is 0 Å². The van der Waals surface area contributed by atoms with Gasteiger partial charge in [0.1, 0.15) is 0 Å². The van der Waals surface area contributed by atoms with Crippen molar-refractivity contribution < 1.29 is 13.6 Å². The number of sulfone groups is 1. The molecule has 0 unspecified atom stereocenters. The second kappa shape index (κ2) is 7.25. The Bertz CT molecular complexity index is 570. The Morgan fingerprint density at radius 2 is 2.15 bits per heavy atom. The Labute approximate surface area is 119 Å². The third-order valence-electron chi connectivity index (χ3n) is 3.01. The number of rotatable bonds is 7.